The third-order valence-corrected chi connectivity index (χ3v) is 3.62. The Balaban J connectivity index is 2.03. The Morgan fingerprint density at radius 1 is 1.05 bits per heavy atom. The van der Waals surface area contributed by atoms with Crippen molar-refractivity contribution in [2.24, 2.45) is 0 Å². The average Bonchev–Trinajstić information content (AvgIpc) is 2.97. The minimum Gasteiger partial charge on any atom is -0.398 e. The standard InChI is InChI=1S/C16H17N5/c1-11-7-9-13(10-8-11)12(2)21-16(18-19-20-21)14-5-3-4-6-15(14)17/h3-10,12H,17H2,1-2H3. The smallest absolute Gasteiger partial charge is 0.184 e. The molecule has 5 heteroatoms. The maximum Gasteiger partial charge on any atom is 0.184 e. The molecule has 0 bridgehead atoms. The van der Waals surface area contributed by atoms with Crippen molar-refractivity contribution in [2.75, 3.05) is 5.73 Å². The number of hydrogen-bond donors (Lipinski definition) is 1. The summed E-state index contributed by atoms with van der Waals surface area (Å²) in [6.07, 6.45) is 0. The molecule has 2 aromatic carbocycles. The van der Waals surface area contributed by atoms with E-state index in [0.29, 0.717) is 11.5 Å². The van der Waals surface area contributed by atoms with E-state index in [-0.39, 0.29) is 6.04 Å². The molecule has 1 unspecified atom stereocenters. The van der Waals surface area contributed by atoms with E-state index in [0.717, 1.165) is 11.1 Å². The van der Waals surface area contributed by atoms with E-state index < -0.39 is 0 Å². The van der Waals surface area contributed by atoms with Gasteiger partial charge in [0.2, 0.25) is 0 Å². The summed E-state index contributed by atoms with van der Waals surface area (Å²) >= 11 is 0. The molecular formula is C16H17N5. The molecule has 1 atom stereocenters. The molecule has 1 aromatic heterocycles. The van der Waals surface area contributed by atoms with Gasteiger partial charge in [0.1, 0.15) is 0 Å². The molecule has 0 saturated heterocycles. The molecule has 0 saturated carbocycles. The Bertz CT molecular complexity index is 745. The zero-order valence-electron chi connectivity index (χ0n) is 12.1. The Morgan fingerprint density at radius 3 is 2.48 bits per heavy atom. The molecule has 0 aliphatic rings. The number of aryl methyl sites for hydroxylation is 1. The molecule has 0 spiro atoms. The molecule has 0 radical (unpaired) electrons. The normalized spacial score (nSPS) is 12.3. The summed E-state index contributed by atoms with van der Waals surface area (Å²) in [6.45, 7) is 4.14. The molecular weight excluding hydrogens is 262 g/mol. The molecule has 1 heterocycles. The van der Waals surface area contributed by atoms with Crippen LogP contribution in [0.1, 0.15) is 24.1 Å². The van der Waals surface area contributed by atoms with E-state index in [4.69, 9.17) is 5.73 Å². The predicted molar refractivity (Wildman–Crippen MR) is 82.7 cm³/mol. The van der Waals surface area contributed by atoms with E-state index in [1.54, 1.807) is 4.68 Å². The largest absolute Gasteiger partial charge is 0.398 e. The van der Waals surface area contributed by atoms with Gasteiger partial charge in [0.15, 0.2) is 5.82 Å². The third-order valence-electron chi connectivity index (χ3n) is 3.62. The monoisotopic (exact) mass is 279 g/mol. The number of aromatic nitrogens is 4. The summed E-state index contributed by atoms with van der Waals surface area (Å²) < 4.78 is 1.80. The van der Waals surface area contributed by atoms with Crippen LogP contribution in [0.25, 0.3) is 11.4 Å². The Morgan fingerprint density at radius 2 is 1.76 bits per heavy atom. The van der Waals surface area contributed by atoms with Crippen LogP contribution >= 0.6 is 0 Å². The first-order valence-corrected chi connectivity index (χ1v) is 6.86. The number of anilines is 1. The van der Waals surface area contributed by atoms with Gasteiger partial charge in [0.25, 0.3) is 0 Å². The van der Waals surface area contributed by atoms with Gasteiger partial charge in [-0.3, -0.25) is 0 Å². The molecule has 0 aliphatic carbocycles. The summed E-state index contributed by atoms with van der Waals surface area (Å²) in [7, 11) is 0. The lowest BCUT2D eigenvalue weighted by Crippen LogP contribution is -2.11. The predicted octanol–water partition coefficient (Wildman–Crippen LogP) is 2.84. The third kappa shape index (κ3) is 2.50. The first kappa shape index (κ1) is 13.3. The second-order valence-electron chi connectivity index (χ2n) is 5.12. The van der Waals surface area contributed by atoms with Gasteiger partial charge in [0, 0.05) is 11.3 Å². The second kappa shape index (κ2) is 5.36. The summed E-state index contributed by atoms with van der Waals surface area (Å²) in [4.78, 5) is 0. The van der Waals surface area contributed by atoms with E-state index in [1.165, 1.54) is 5.56 Å². The molecule has 3 aromatic rings. The van der Waals surface area contributed by atoms with Crippen LogP contribution in [-0.4, -0.2) is 20.2 Å². The van der Waals surface area contributed by atoms with Crippen molar-refractivity contribution < 1.29 is 0 Å². The van der Waals surface area contributed by atoms with Gasteiger partial charge in [-0.15, -0.1) is 5.10 Å². The molecule has 3 rings (SSSR count). The second-order valence-corrected chi connectivity index (χ2v) is 5.12. The number of nitrogen functional groups attached to an aromatic ring is 1. The van der Waals surface area contributed by atoms with Crippen LogP contribution in [-0.2, 0) is 0 Å². The Kier molecular flexibility index (Phi) is 3.39. The number of nitrogens with zero attached hydrogens (tertiary/aromatic N) is 4. The highest BCUT2D eigenvalue weighted by Crippen LogP contribution is 2.27. The number of para-hydroxylation sites is 1. The highest BCUT2D eigenvalue weighted by Gasteiger charge is 2.17. The number of rotatable bonds is 3. The van der Waals surface area contributed by atoms with Gasteiger partial charge in [0.05, 0.1) is 6.04 Å². The highest BCUT2D eigenvalue weighted by molar-refractivity contribution is 5.71. The lowest BCUT2D eigenvalue weighted by atomic mass is 10.1. The minimum absolute atomic E-state index is 0.0372. The molecule has 21 heavy (non-hydrogen) atoms. The molecule has 106 valence electrons. The van der Waals surface area contributed by atoms with Gasteiger partial charge >= 0.3 is 0 Å². The average molecular weight is 279 g/mol. The molecule has 0 aliphatic heterocycles. The van der Waals surface area contributed by atoms with E-state index in [9.17, 15) is 0 Å². The quantitative estimate of drug-likeness (QED) is 0.748. The SMILES string of the molecule is Cc1ccc(C(C)n2nnnc2-c2ccccc2N)cc1. The van der Waals surface area contributed by atoms with Crippen molar-refractivity contribution in [1.82, 2.24) is 20.2 Å². The van der Waals surface area contributed by atoms with Gasteiger partial charge in [-0.25, -0.2) is 4.68 Å². The van der Waals surface area contributed by atoms with Crippen LogP contribution in [0.3, 0.4) is 0 Å². The minimum atomic E-state index is 0.0372. The van der Waals surface area contributed by atoms with Crippen molar-refractivity contribution in [3.05, 3.63) is 59.7 Å². The van der Waals surface area contributed by atoms with Crippen LogP contribution in [0, 0.1) is 6.92 Å². The van der Waals surface area contributed by atoms with E-state index in [2.05, 4.69) is 53.6 Å². The van der Waals surface area contributed by atoms with Crippen molar-refractivity contribution >= 4 is 5.69 Å². The Labute approximate surface area is 123 Å². The van der Waals surface area contributed by atoms with Crippen molar-refractivity contribution in [2.45, 2.75) is 19.9 Å². The van der Waals surface area contributed by atoms with Gasteiger partial charge in [-0.1, -0.05) is 42.0 Å². The van der Waals surface area contributed by atoms with Crippen molar-refractivity contribution in [3.8, 4) is 11.4 Å². The fourth-order valence-electron chi connectivity index (χ4n) is 2.32. The van der Waals surface area contributed by atoms with Gasteiger partial charge < -0.3 is 5.73 Å². The zero-order valence-corrected chi connectivity index (χ0v) is 12.1. The van der Waals surface area contributed by atoms with E-state index in [1.807, 2.05) is 24.3 Å². The summed E-state index contributed by atoms with van der Waals surface area (Å²) in [5.41, 5.74) is 9.94. The van der Waals surface area contributed by atoms with Crippen LogP contribution in [0.5, 0.6) is 0 Å². The molecule has 5 nitrogen and oxygen atoms in total. The van der Waals surface area contributed by atoms with Gasteiger partial charge in [-0.05, 0) is 42.0 Å². The number of hydrogen-bond acceptors (Lipinski definition) is 4. The number of benzene rings is 2. The zero-order chi connectivity index (χ0) is 14.8. The molecule has 0 fully saturated rings. The van der Waals surface area contributed by atoms with E-state index >= 15 is 0 Å². The summed E-state index contributed by atoms with van der Waals surface area (Å²) in [6, 6.07) is 16.0. The topological polar surface area (TPSA) is 69.6 Å². The fourth-order valence-corrected chi connectivity index (χ4v) is 2.32. The first-order chi connectivity index (χ1) is 10.2. The summed E-state index contributed by atoms with van der Waals surface area (Å²) in [5.74, 6) is 0.682. The maximum atomic E-state index is 6.03. The molecule has 0 amide bonds. The lowest BCUT2D eigenvalue weighted by molar-refractivity contribution is 0.548. The number of nitrogens with two attached hydrogens (primary N) is 1. The lowest BCUT2D eigenvalue weighted by Gasteiger charge is -2.14. The summed E-state index contributed by atoms with van der Waals surface area (Å²) in [5, 5.41) is 12.1. The van der Waals surface area contributed by atoms with Crippen LogP contribution < -0.4 is 5.73 Å². The van der Waals surface area contributed by atoms with Crippen LogP contribution in [0.15, 0.2) is 48.5 Å². The van der Waals surface area contributed by atoms with Crippen LogP contribution in [0.2, 0.25) is 0 Å². The first-order valence-electron chi connectivity index (χ1n) is 6.86. The fraction of sp³-hybridized carbons (Fsp3) is 0.188. The maximum absolute atomic E-state index is 6.03. The Hall–Kier alpha value is -2.69. The number of tetrazole rings is 1. The van der Waals surface area contributed by atoms with Crippen LogP contribution in [0.4, 0.5) is 5.69 Å². The highest BCUT2D eigenvalue weighted by atomic mass is 15.5. The molecule has 2 N–H and O–H groups in total. The van der Waals surface area contributed by atoms with Crippen molar-refractivity contribution in [3.63, 3.8) is 0 Å². The van der Waals surface area contributed by atoms with Gasteiger partial charge in [-0.2, -0.15) is 0 Å². The van der Waals surface area contributed by atoms with Crippen molar-refractivity contribution in [1.29, 1.82) is 0 Å².